The Bertz CT molecular complexity index is 2990. The largest absolute Gasteiger partial charge is 0.489 e. The molecule has 20 heteroatoms. The van der Waals surface area contributed by atoms with Gasteiger partial charge >= 0.3 is 5.97 Å². The molecule has 11 rings (SSSR count). The summed E-state index contributed by atoms with van der Waals surface area (Å²) in [5, 5.41) is 38.2. The molecule has 5 aliphatic heterocycles. The number of likely N-dealkylation sites (tertiary alicyclic amines) is 2. The molecule has 6 fully saturated rings. The maximum atomic E-state index is 14.6. The van der Waals surface area contributed by atoms with Crippen LogP contribution in [0.3, 0.4) is 0 Å². The number of piperidine rings is 3. The number of fused-ring (bicyclic) bond motifs is 4. The second kappa shape index (κ2) is 18.0. The number of imide groups is 1. The number of aromatic nitrogens is 6. The van der Waals surface area contributed by atoms with Gasteiger partial charge < -0.3 is 20.5 Å². The molecule has 2 aromatic carbocycles. The summed E-state index contributed by atoms with van der Waals surface area (Å²) in [6.07, 6.45) is 8.41. The smallest absolute Gasteiger partial charge is 0.326 e. The minimum Gasteiger partial charge on any atom is -0.489 e. The average Bonchev–Trinajstić information content (AvgIpc) is 3.84. The zero-order valence-corrected chi connectivity index (χ0v) is 40.2. The minimum atomic E-state index is -1.13. The Hall–Kier alpha value is -6.59. The molecule has 3 aromatic heterocycles. The number of primary amides is 1. The van der Waals surface area contributed by atoms with Gasteiger partial charge in [0.2, 0.25) is 11.8 Å². The lowest BCUT2D eigenvalue weighted by Gasteiger charge is -2.65. The van der Waals surface area contributed by atoms with E-state index in [1.54, 1.807) is 54.7 Å². The van der Waals surface area contributed by atoms with Crippen molar-refractivity contribution in [3.63, 3.8) is 0 Å². The Kier molecular flexibility index (Phi) is 12.1. The molecule has 0 unspecified atom stereocenters. The van der Waals surface area contributed by atoms with Crippen LogP contribution in [0.4, 0.5) is 0 Å². The maximum Gasteiger partial charge on any atom is 0.326 e. The monoisotopic (exact) mass is 970 g/mol. The quantitative estimate of drug-likeness (QED) is 0.156. The van der Waals surface area contributed by atoms with Crippen LogP contribution in [0.2, 0.25) is 5.02 Å². The van der Waals surface area contributed by atoms with E-state index in [9.17, 15) is 34.3 Å². The summed E-state index contributed by atoms with van der Waals surface area (Å²) < 4.78 is 9.47. The molecule has 3 atom stereocenters. The lowest BCUT2D eigenvalue weighted by molar-refractivity contribution is -0.216. The molecule has 364 valence electrons. The second-order valence-corrected chi connectivity index (χ2v) is 21.0. The molecule has 3 N–H and O–H groups in total. The molecule has 6 aliphatic rings. The summed E-state index contributed by atoms with van der Waals surface area (Å²) >= 11 is 6.31. The number of rotatable bonds is 12. The van der Waals surface area contributed by atoms with E-state index in [1.807, 2.05) is 49.7 Å². The van der Waals surface area contributed by atoms with Crippen LogP contribution in [0, 0.1) is 28.1 Å². The molecule has 0 spiro atoms. The van der Waals surface area contributed by atoms with Gasteiger partial charge in [-0.05, 0) is 80.0 Å². The number of carbonyl (C=O) groups is 4. The van der Waals surface area contributed by atoms with E-state index in [4.69, 9.17) is 22.1 Å². The molecule has 0 radical (unpaired) electrons. The number of ether oxygens (including phenoxy) is 1. The molecule has 70 heavy (non-hydrogen) atoms. The van der Waals surface area contributed by atoms with Crippen LogP contribution in [0.5, 0.6) is 5.75 Å². The fourth-order valence-electron chi connectivity index (χ4n) is 12.5. The summed E-state index contributed by atoms with van der Waals surface area (Å²) in [5.74, 6) is -1.77. The first-order valence-electron chi connectivity index (χ1n) is 23.9. The van der Waals surface area contributed by atoms with Crippen molar-refractivity contribution in [2.24, 2.45) is 22.5 Å². The minimum absolute atomic E-state index is 0.00822. The van der Waals surface area contributed by atoms with Gasteiger partial charge in [0.05, 0.1) is 45.5 Å². The standard InChI is InChI=1S/C50H55ClN12O7/c1-49(2)47(50(3,4)48(49)70-34-8-5-30(23-52)36(51)22-34)61-41(64)12-11-39(45(61)67)62-44(66)35-21-29(6-10-38(35)56-57-62)42(46(68)69)63-40(28-13-19-59(63)20-14-28)27-58-17-15-33(16-18-58)60-26-32(25-55-60)37-9-7-31(24-54-37)43(53)65/h5-10,21-22,24-26,28,33,39-40,42,47-48H,11-20,27H2,1-4H3,(H2,53,65)(H,68,69)/t39-,40+,42-,47?,48?/m1/s1. The van der Waals surface area contributed by atoms with Gasteiger partial charge in [-0.3, -0.25) is 38.5 Å². The van der Waals surface area contributed by atoms with Gasteiger partial charge in [-0.25, -0.2) is 10.0 Å². The summed E-state index contributed by atoms with van der Waals surface area (Å²) in [6, 6.07) is 12.4. The summed E-state index contributed by atoms with van der Waals surface area (Å²) in [4.78, 5) is 76.1. The molecular weight excluding hydrogens is 916 g/mol. The van der Waals surface area contributed by atoms with Gasteiger partial charge in [0.1, 0.15) is 35.5 Å². The lowest BCUT2D eigenvalue weighted by Crippen LogP contribution is -2.77. The van der Waals surface area contributed by atoms with E-state index in [1.165, 1.54) is 11.1 Å². The van der Waals surface area contributed by atoms with Crippen LogP contribution in [-0.2, 0) is 14.4 Å². The van der Waals surface area contributed by atoms with Crippen molar-refractivity contribution in [1.82, 2.24) is 49.6 Å². The highest BCUT2D eigenvalue weighted by Gasteiger charge is 2.68. The molecule has 2 bridgehead atoms. The molecule has 1 saturated carbocycles. The number of nitriles is 1. The number of carbonyl (C=O) groups excluding carboxylic acids is 3. The van der Waals surface area contributed by atoms with Crippen LogP contribution in [0.1, 0.15) is 106 Å². The van der Waals surface area contributed by atoms with Gasteiger partial charge in [-0.2, -0.15) is 15.0 Å². The van der Waals surface area contributed by atoms with Crippen LogP contribution in [0.15, 0.2) is 71.9 Å². The van der Waals surface area contributed by atoms with Crippen molar-refractivity contribution in [2.75, 3.05) is 32.7 Å². The number of hydrazine groups is 1. The number of hydrogen-bond acceptors (Lipinski definition) is 14. The number of halogens is 1. The highest BCUT2D eigenvalue weighted by atomic mass is 35.5. The summed E-state index contributed by atoms with van der Waals surface area (Å²) in [6.45, 7) is 11.4. The number of nitrogens with two attached hydrogens (primary N) is 1. The number of aliphatic carboxylic acids is 1. The first-order chi connectivity index (χ1) is 33.5. The number of carboxylic acid groups (broad SMARTS) is 1. The number of carboxylic acids is 1. The van der Waals surface area contributed by atoms with Crippen molar-refractivity contribution in [3.8, 4) is 23.1 Å². The van der Waals surface area contributed by atoms with Crippen molar-refractivity contribution in [3.05, 3.63) is 99.2 Å². The number of nitrogens with zero attached hydrogens (tertiary/aromatic N) is 11. The lowest BCUT2D eigenvalue weighted by atomic mass is 9.48. The number of hydrogen-bond donors (Lipinski definition) is 2. The Morgan fingerprint density at radius 2 is 1.70 bits per heavy atom. The van der Waals surface area contributed by atoms with Crippen molar-refractivity contribution >= 4 is 46.2 Å². The van der Waals surface area contributed by atoms with Crippen LogP contribution >= 0.6 is 11.6 Å². The van der Waals surface area contributed by atoms with Crippen molar-refractivity contribution in [1.29, 1.82) is 5.26 Å². The van der Waals surface area contributed by atoms with Crippen molar-refractivity contribution in [2.45, 2.75) is 103 Å². The van der Waals surface area contributed by atoms with Crippen LogP contribution in [0.25, 0.3) is 22.2 Å². The van der Waals surface area contributed by atoms with Crippen LogP contribution < -0.4 is 16.0 Å². The third-order valence-electron chi connectivity index (χ3n) is 15.6. The molecule has 1 aliphatic carbocycles. The SMILES string of the molecule is CC1(C)C(Oc2ccc(C#N)c(Cl)c2)C(C)(C)C1N1C(=O)CC[C@@H](n2nnc3ccc([C@H](C(=O)O)N4[C@@H](CN5CCC(n6cc(-c7ccc(C(N)=O)cn7)cn6)CC5)C5CCN4CC5)cc3c2=O)C1=O. The molecular formula is C50H55ClN12O7. The zero-order chi connectivity index (χ0) is 49.4. The van der Waals surface area contributed by atoms with Gasteiger partial charge in [-0.15, -0.1) is 5.10 Å². The van der Waals surface area contributed by atoms with Gasteiger partial charge in [-0.1, -0.05) is 50.6 Å². The molecule has 5 aromatic rings. The number of benzene rings is 2. The topological polar surface area (TPSA) is 239 Å². The Morgan fingerprint density at radius 3 is 2.36 bits per heavy atom. The van der Waals surface area contributed by atoms with Gasteiger partial charge in [0.25, 0.3) is 11.5 Å². The Balaban J connectivity index is 0.865. The summed E-state index contributed by atoms with van der Waals surface area (Å²) in [7, 11) is 0. The van der Waals surface area contributed by atoms with E-state index < -0.39 is 58.4 Å². The molecule has 5 saturated heterocycles. The normalized spacial score (nSPS) is 26.1. The second-order valence-electron chi connectivity index (χ2n) is 20.6. The molecule has 8 heterocycles. The summed E-state index contributed by atoms with van der Waals surface area (Å²) in [5.41, 5.74) is 6.20. The first kappa shape index (κ1) is 47.1. The highest BCUT2D eigenvalue weighted by Crippen LogP contribution is 2.59. The van der Waals surface area contributed by atoms with Gasteiger partial charge in [0, 0.05) is 80.0 Å². The predicted octanol–water partition coefficient (Wildman–Crippen LogP) is 5.02. The fourth-order valence-corrected chi connectivity index (χ4v) is 12.8. The third-order valence-corrected chi connectivity index (χ3v) is 15.9. The van der Waals surface area contributed by atoms with Crippen LogP contribution in [-0.4, -0.2) is 129 Å². The van der Waals surface area contributed by atoms with E-state index >= 15 is 0 Å². The number of amides is 3. The fraction of sp³-hybridized carbons (Fsp3) is 0.480. The zero-order valence-electron chi connectivity index (χ0n) is 39.4. The molecule has 3 amide bonds. The molecule has 19 nitrogen and oxygen atoms in total. The van der Waals surface area contributed by atoms with Crippen molar-refractivity contribution < 1.29 is 29.0 Å². The highest BCUT2D eigenvalue weighted by molar-refractivity contribution is 6.31. The number of pyridine rings is 1. The van der Waals surface area contributed by atoms with E-state index in [0.717, 1.165) is 62.1 Å². The predicted molar refractivity (Wildman–Crippen MR) is 255 cm³/mol. The Labute approximate surface area is 408 Å². The van der Waals surface area contributed by atoms with E-state index in [-0.39, 0.29) is 52.7 Å². The van der Waals surface area contributed by atoms with E-state index in [0.29, 0.717) is 34.7 Å². The first-order valence-corrected chi connectivity index (χ1v) is 24.2. The Morgan fingerprint density at radius 1 is 0.957 bits per heavy atom. The maximum absolute atomic E-state index is 14.6. The van der Waals surface area contributed by atoms with E-state index in [2.05, 4.69) is 30.3 Å². The van der Waals surface area contributed by atoms with Gasteiger partial charge in [0.15, 0.2) is 0 Å². The third kappa shape index (κ3) is 8.09. The average molecular weight is 972 g/mol.